The third kappa shape index (κ3) is 33.0. The summed E-state index contributed by atoms with van der Waals surface area (Å²) in [5, 5.41) is 94.5. The Kier molecular flexibility index (Phi) is 34.4. The maximum atomic E-state index is 13.8. The number of nitrogens with one attached hydrogen (secondary N) is 8. The predicted molar refractivity (Wildman–Crippen MR) is 302 cm³/mol. The van der Waals surface area contributed by atoms with Crippen LogP contribution in [0.5, 0.6) is 0 Å². The van der Waals surface area contributed by atoms with Crippen LogP contribution >= 0.6 is 0 Å². The molecule has 8 amide bonds. The second-order valence-electron chi connectivity index (χ2n) is 20.5. The molecule has 1 aromatic rings. The van der Waals surface area contributed by atoms with E-state index in [-0.39, 0.29) is 123 Å². The van der Waals surface area contributed by atoms with Crippen LogP contribution < -0.4 is 42.5 Å². The summed E-state index contributed by atoms with van der Waals surface area (Å²) in [6, 6.07) is -2.81. The lowest BCUT2D eigenvalue weighted by Crippen LogP contribution is -2.57. The first-order valence-electron chi connectivity index (χ1n) is 28.0. The van der Waals surface area contributed by atoms with E-state index >= 15 is 0 Å². The third-order valence-corrected chi connectivity index (χ3v) is 13.4. The summed E-state index contributed by atoms with van der Waals surface area (Å²) < 4.78 is 0. The Labute approximate surface area is 504 Å². The number of urea groups is 1. The topological polar surface area (TPSA) is 527 Å². The molecule has 35 heteroatoms. The van der Waals surface area contributed by atoms with Gasteiger partial charge in [0.2, 0.25) is 29.5 Å². The molecule has 0 spiro atoms. The van der Waals surface area contributed by atoms with E-state index in [1.54, 1.807) is 38.7 Å². The van der Waals surface area contributed by atoms with Gasteiger partial charge in [0.05, 0.1) is 26.2 Å². The highest BCUT2D eigenvalue weighted by Crippen LogP contribution is 2.08. The third-order valence-electron chi connectivity index (χ3n) is 13.4. The predicted octanol–water partition coefficient (Wildman–Crippen LogP) is -4.36. The van der Waals surface area contributed by atoms with Crippen molar-refractivity contribution < 1.29 is 113 Å². The molecule has 0 unspecified atom stereocenters. The van der Waals surface area contributed by atoms with Crippen LogP contribution in [-0.2, 0) is 62.3 Å². The average molecular weight is 1250 g/mol. The maximum absolute atomic E-state index is 13.8. The summed E-state index contributed by atoms with van der Waals surface area (Å²) in [6.07, 6.45) is -2.85. The van der Waals surface area contributed by atoms with Crippen molar-refractivity contribution >= 4 is 89.2 Å². The minimum Gasteiger partial charge on any atom is -0.481 e. The lowest BCUT2D eigenvalue weighted by atomic mass is 10.1. The number of aliphatic carboxylic acids is 8. The van der Waals surface area contributed by atoms with Crippen LogP contribution in [0.1, 0.15) is 86.6 Å². The molecule has 490 valence electrons. The number of carboxylic acid groups (broad SMARTS) is 8. The number of benzene rings is 1. The van der Waals surface area contributed by atoms with E-state index in [2.05, 4.69) is 31.9 Å². The van der Waals surface area contributed by atoms with Gasteiger partial charge in [-0.1, -0.05) is 17.7 Å². The van der Waals surface area contributed by atoms with Gasteiger partial charge in [0.1, 0.15) is 30.2 Å². The van der Waals surface area contributed by atoms with Gasteiger partial charge in [-0.2, -0.15) is 0 Å². The smallest absolute Gasteiger partial charge is 0.326 e. The van der Waals surface area contributed by atoms with Crippen LogP contribution in [0.4, 0.5) is 4.79 Å². The molecule has 35 nitrogen and oxygen atoms in total. The molecule has 1 aliphatic heterocycles. The van der Waals surface area contributed by atoms with E-state index in [1.165, 1.54) is 12.1 Å². The van der Waals surface area contributed by atoms with Crippen molar-refractivity contribution in [3.63, 3.8) is 0 Å². The fourth-order valence-corrected chi connectivity index (χ4v) is 8.55. The van der Waals surface area contributed by atoms with Crippen molar-refractivity contribution in [3.05, 3.63) is 35.4 Å². The number of aryl methyl sites for hydroxylation is 1. The zero-order chi connectivity index (χ0) is 65.9. The van der Waals surface area contributed by atoms with Gasteiger partial charge in [-0.25, -0.2) is 24.0 Å². The molecule has 16 N–H and O–H groups in total. The highest BCUT2D eigenvalue weighted by molar-refractivity contribution is 5.96. The number of hydrogen-bond donors (Lipinski definition) is 16. The Hall–Kier alpha value is -9.09. The van der Waals surface area contributed by atoms with E-state index in [0.29, 0.717) is 0 Å². The Bertz CT molecular complexity index is 2560. The molecule has 0 aliphatic carbocycles. The second-order valence-corrected chi connectivity index (χ2v) is 20.5. The Morgan fingerprint density at radius 1 is 0.386 bits per heavy atom. The van der Waals surface area contributed by atoms with Crippen molar-refractivity contribution in [1.82, 2.24) is 62.1 Å². The summed E-state index contributed by atoms with van der Waals surface area (Å²) in [6.45, 7) is 0.403. The van der Waals surface area contributed by atoms with E-state index < -0.39 is 171 Å². The zero-order valence-corrected chi connectivity index (χ0v) is 48.6. The molecule has 0 aromatic heterocycles. The van der Waals surface area contributed by atoms with E-state index in [4.69, 9.17) is 5.11 Å². The van der Waals surface area contributed by atoms with Gasteiger partial charge in [0.25, 0.3) is 5.91 Å². The number of rotatable bonds is 39. The van der Waals surface area contributed by atoms with Crippen LogP contribution in [0.2, 0.25) is 0 Å². The first kappa shape index (κ1) is 75.0. The lowest BCUT2D eigenvalue weighted by Gasteiger charge is -2.33. The molecule has 1 saturated heterocycles. The fourth-order valence-electron chi connectivity index (χ4n) is 8.55. The standard InChI is InChI=1S/C53H80N12O23/c1-32-7-9-33(10-8-32)47(78)56-27-38(58-42(69)28-62-19-21-63(29-44(72)73)23-25-65(31-46(76)77)26-24-64(22-20-62)30-45(74)75)48(79)59-35(50(82)83)5-2-3-17-54-39(66)14-15-40(67)55-18-4-6-34(49(80)81)57-41(68)13-11-36(51(84)85)60-53(88)61-37(52(86)87)12-16-43(70)71/h7-10,34-38H,2-6,11-31H2,1H3,(H,54,66)(H,55,67)(H,56,78)(H,57,68)(H,58,69)(H,59,79)(H,70,71)(H,72,73)(H,74,75)(H,76,77)(H,80,81)(H,82,83)(H,84,85)(H,86,87)(H2,60,61,88)/t34-,35-,36+,37+,38+/m1/s1. The fraction of sp³-hybridized carbons (Fsp3) is 0.604. The first-order chi connectivity index (χ1) is 41.5. The summed E-state index contributed by atoms with van der Waals surface area (Å²) in [5.41, 5.74) is 1.07. The molecule has 0 radical (unpaired) electrons. The molecule has 1 aliphatic rings. The van der Waals surface area contributed by atoms with Crippen LogP contribution in [0, 0.1) is 6.92 Å². The molecule has 88 heavy (non-hydrogen) atoms. The second kappa shape index (κ2) is 40.3. The molecule has 1 heterocycles. The molecule has 2 rings (SSSR count). The average Bonchev–Trinajstić information content (AvgIpc) is 3.10. The normalized spacial score (nSPS) is 15.3. The first-order valence-corrected chi connectivity index (χ1v) is 28.0. The summed E-state index contributed by atoms with van der Waals surface area (Å²) in [7, 11) is 0. The van der Waals surface area contributed by atoms with Crippen molar-refractivity contribution in [2.24, 2.45) is 0 Å². The summed E-state index contributed by atoms with van der Waals surface area (Å²) in [5.74, 6) is -15.3. The van der Waals surface area contributed by atoms with Crippen molar-refractivity contribution in [1.29, 1.82) is 0 Å². The number of unbranched alkanes of at least 4 members (excludes halogenated alkanes) is 1. The maximum Gasteiger partial charge on any atom is 0.326 e. The largest absolute Gasteiger partial charge is 0.481 e. The monoisotopic (exact) mass is 1250 g/mol. The minimum absolute atomic E-state index is 0.0223. The molecule has 0 saturated carbocycles. The van der Waals surface area contributed by atoms with Crippen LogP contribution in [0.15, 0.2) is 24.3 Å². The molecule has 1 aromatic carbocycles. The highest BCUT2D eigenvalue weighted by Gasteiger charge is 2.30. The lowest BCUT2D eigenvalue weighted by molar-refractivity contribution is -0.143. The van der Waals surface area contributed by atoms with Gasteiger partial charge in [0.15, 0.2) is 0 Å². The van der Waals surface area contributed by atoms with Gasteiger partial charge in [-0.05, 0) is 64.0 Å². The summed E-state index contributed by atoms with van der Waals surface area (Å²) in [4.78, 5) is 190. The zero-order valence-electron chi connectivity index (χ0n) is 48.6. The van der Waals surface area contributed by atoms with Gasteiger partial charge in [-0.15, -0.1) is 0 Å². The number of carbonyl (C=O) groups is 15. The molecule has 0 bridgehead atoms. The van der Waals surface area contributed by atoms with Gasteiger partial charge in [-0.3, -0.25) is 67.5 Å². The molecular formula is C53H80N12O23. The molecular weight excluding hydrogens is 1170 g/mol. The van der Waals surface area contributed by atoms with E-state index in [1.807, 2.05) is 10.6 Å². The summed E-state index contributed by atoms with van der Waals surface area (Å²) >= 11 is 0. The Balaban J connectivity index is 1.95. The number of amides is 8. The number of nitrogens with zero attached hydrogens (tertiary/aromatic N) is 4. The SMILES string of the molecule is Cc1ccc(C(=O)NC[C@H](NC(=O)CN2CCN(CC(=O)O)CCN(CC(=O)O)CCN(CC(=O)O)CC2)C(=O)N[C@H](CCCCNC(=O)CCC(=O)NCCC[C@@H](NC(=O)CC[C@H](NC(=O)N[C@@H](CCC(=O)O)C(=O)O)C(=O)O)C(=O)O)C(=O)O)cc1. The highest BCUT2D eigenvalue weighted by atomic mass is 16.4. The number of carboxylic acids is 8. The number of hydrogen-bond acceptors (Lipinski definition) is 19. The Morgan fingerprint density at radius 3 is 1.20 bits per heavy atom. The molecule has 1 fully saturated rings. The van der Waals surface area contributed by atoms with Crippen LogP contribution in [0.3, 0.4) is 0 Å². The van der Waals surface area contributed by atoms with Crippen molar-refractivity contribution in [2.75, 3.05) is 98.2 Å². The van der Waals surface area contributed by atoms with Crippen molar-refractivity contribution in [3.8, 4) is 0 Å². The van der Waals surface area contributed by atoms with E-state index in [9.17, 15) is 108 Å². The van der Waals surface area contributed by atoms with Crippen LogP contribution in [0.25, 0.3) is 0 Å². The number of carbonyl (C=O) groups excluding carboxylic acids is 7. The van der Waals surface area contributed by atoms with Crippen LogP contribution in [-0.4, -0.2) is 278 Å². The van der Waals surface area contributed by atoms with Crippen molar-refractivity contribution in [2.45, 2.75) is 108 Å². The Morgan fingerprint density at radius 2 is 0.773 bits per heavy atom. The van der Waals surface area contributed by atoms with Gasteiger partial charge >= 0.3 is 53.8 Å². The minimum atomic E-state index is -1.73. The quantitative estimate of drug-likeness (QED) is 0.0277. The van der Waals surface area contributed by atoms with E-state index in [0.717, 1.165) is 5.56 Å². The van der Waals surface area contributed by atoms with Gasteiger partial charge in [0, 0.05) is 103 Å². The van der Waals surface area contributed by atoms with Gasteiger partial charge < -0.3 is 83.4 Å². The molecule has 5 atom stereocenters.